The van der Waals surface area contributed by atoms with Gasteiger partial charge in [0, 0.05) is 11.6 Å². The molecule has 32 heavy (non-hydrogen) atoms. The van der Waals surface area contributed by atoms with Crippen LogP contribution in [-0.2, 0) is 15.1 Å². The number of amides is 1. The fourth-order valence-electron chi connectivity index (χ4n) is 5.42. The molecule has 1 N–H and O–H groups in total. The van der Waals surface area contributed by atoms with Gasteiger partial charge in [0.05, 0.1) is 17.7 Å². The Morgan fingerprint density at radius 3 is 2.75 bits per heavy atom. The number of fused-ring (bicyclic) bond motifs is 3. The number of aliphatic imine (C=N–C) groups is 1. The maximum absolute atomic E-state index is 13.9. The minimum atomic E-state index is -1.07. The van der Waals surface area contributed by atoms with Crippen LogP contribution in [0.5, 0.6) is 0 Å². The van der Waals surface area contributed by atoms with Crippen LogP contribution in [0.15, 0.2) is 27.7 Å². The molecule has 1 aromatic heterocycles. The number of aromatic nitrogens is 2. The van der Waals surface area contributed by atoms with Crippen molar-refractivity contribution in [2.45, 2.75) is 68.9 Å². The molecule has 2 fully saturated rings. The molecule has 3 aliphatic heterocycles. The van der Waals surface area contributed by atoms with E-state index < -0.39 is 23.4 Å². The number of nitrogens with zero attached hydrogens (tertiary/aromatic N) is 5. The number of aliphatic hydroxyl groups is 1. The summed E-state index contributed by atoms with van der Waals surface area (Å²) < 4.78 is 11.6. The summed E-state index contributed by atoms with van der Waals surface area (Å²) in [6, 6.07) is 4.11. The van der Waals surface area contributed by atoms with E-state index in [1.165, 1.54) is 0 Å². The first kappa shape index (κ1) is 20.1. The Balaban J connectivity index is 1.41. The first-order valence-electron chi connectivity index (χ1n) is 11.1. The fraction of sp³-hybridized carbons (Fsp3) is 0.545. The highest BCUT2D eigenvalue weighted by Crippen LogP contribution is 2.48. The molecule has 1 aromatic carbocycles. The second-order valence-electron chi connectivity index (χ2n) is 9.19. The molecule has 3 unspecified atom stereocenters. The molecule has 4 aliphatic rings. The number of hydrogen-bond acceptors (Lipinski definition) is 8. The van der Waals surface area contributed by atoms with Gasteiger partial charge in [-0.2, -0.15) is 4.98 Å². The average molecular weight is 458 g/mol. The lowest BCUT2D eigenvalue weighted by atomic mass is 9.97. The summed E-state index contributed by atoms with van der Waals surface area (Å²) in [6.07, 6.45) is 6.28. The summed E-state index contributed by atoms with van der Waals surface area (Å²) >= 11 is 6.30. The Morgan fingerprint density at radius 2 is 2.00 bits per heavy atom. The molecule has 10 heteroatoms. The molecule has 1 amide bonds. The molecule has 1 aliphatic carbocycles. The van der Waals surface area contributed by atoms with Gasteiger partial charge in [0.2, 0.25) is 5.82 Å². The molecule has 0 spiro atoms. The SMILES string of the molecule is CC1(N2C(=O)C3C(c4nc(C5(O)CCCC5)no4)N=CN3c3ccc(Cl)cc32)CCCO1. The largest absolute Gasteiger partial charge is 0.382 e. The second kappa shape index (κ2) is 7.00. The Hall–Kier alpha value is -2.49. The molecule has 3 atom stereocenters. The highest BCUT2D eigenvalue weighted by atomic mass is 35.5. The maximum atomic E-state index is 13.9. The third kappa shape index (κ3) is 2.84. The molecular weight excluding hydrogens is 434 g/mol. The average Bonchev–Trinajstić information content (AvgIpc) is 3.54. The van der Waals surface area contributed by atoms with E-state index in [9.17, 15) is 9.90 Å². The van der Waals surface area contributed by atoms with Crippen LogP contribution in [0.25, 0.3) is 0 Å². The van der Waals surface area contributed by atoms with Crippen molar-refractivity contribution in [2.24, 2.45) is 4.99 Å². The van der Waals surface area contributed by atoms with E-state index in [4.69, 9.17) is 20.9 Å². The highest BCUT2D eigenvalue weighted by Gasteiger charge is 2.53. The lowest BCUT2D eigenvalue weighted by Gasteiger charge is -2.46. The van der Waals surface area contributed by atoms with Crippen molar-refractivity contribution in [3.63, 3.8) is 0 Å². The van der Waals surface area contributed by atoms with Crippen molar-refractivity contribution in [3.05, 3.63) is 34.9 Å². The lowest BCUT2D eigenvalue weighted by molar-refractivity contribution is -0.125. The number of benzene rings is 1. The first-order chi connectivity index (χ1) is 15.4. The van der Waals surface area contributed by atoms with E-state index in [2.05, 4.69) is 15.1 Å². The molecular formula is C22H24ClN5O4. The molecule has 6 rings (SSSR count). The number of halogens is 1. The van der Waals surface area contributed by atoms with Gasteiger partial charge in [-0.25, -0.2) is 0 Å². The van der Waals surface area contributed by atoms with Gasteiger partial charge in [0.15, 0.2) is 6.04 Å². The minimum Gasteiger partial charge on any atom is -0.382 e. The van der Waals surface area contributed by atoms with E-state index in [0.717, 1.165) is 31.4 Å². The summed E-state index contributed by atoms with van der Waals surface area (Å²) in [4.78, 5) is 26.5. The molecule has 0 bridgehead atoms. The van der Waals surface area contributed by atoms with Crippen LogP contribution in [0.4, 0.5) is 11.4 Å². The van der Waals surface area contributed by atoms with Gasteiger partial charge in [-0.05, 0) is 63.6 Å². The first-order valence-corrected chi connectivity index (χ1v) is 11.4. The van der Waals surface area contributed by atoms with Crippen LogP contribution in [0, 0.1) is 0 Å². The topological polar surface area (TPSA) is 104 Å². The van der Waals surface area contributed by atoms with Crippen LogP contribution in [0.1, 0.15) is 63.2 Å². The van der Waals surface area contributed by atoms with Crippen molar-refractivity contribution in [1.29, 1.82) is 0 Å². The van der Waals surface area contributed by atoms with Crippen LogP contribution in [0.2, 0.25) is 5.02 Å². The van der Waals surface area contributed by atoms with Crippen molar-refractivity contribution in [3.8, 4) is 0 Å². The minimum absolute atomic E-state index is 0.161. The number of carbonyl (C=O) groups excluding carboxylic acids is 1. The van der Waals surface area contributed by atoms with Gasteiger partial charge >= 0.3 is 0 Å². The van der Waals surface area contributed by atoms with E-state index in [1.807, 2.05) is 17.9 Å². The van der Waals surface area contributed by atoms with Crippen LogP contribution in [0.3, 0.4) is 0 Å². The number of rotatable bonds is 3. The molecule has 2 aromatic rings. The molecule has 1 saturated heterocycles. The fourth-order valence-corrected chi connectivity index (χ4v) is 5.58. The molecule has 1 saturated carbocycles. The smallest absolute Gasteiger partial charge is 0.255 e. The van der Waals surface area contributed by atoms with Crippen LogP contribution >= 0.6 is 11.6 Å². The Morgan fingerprint density at radius 1 is 1.19 bits per heavy atom. The van der Waals surface area contributed by atoms with E-state index in [1.54, 1.807) is 23.4 Å². The van der Waals surface area contributed by atoms with Gasteiger partial charge in [-0.15, -0.1) is 0 Å². The number of carbonyl (C=O) groups is 1. The van der Waals surface area contributed by atoms with E-state index >= 15 is 0 Å². The Labute approximate surface area is 190 Å². The quantitative estimate of drug-likeness (QED) is 0.753. The predicted octanol–water partition coefficient (Wildman–Crippen LogP) is 3.32. The van der Waals surface area contributed by atoms with Gasteiger partial charge in [-0.3, -0.25) is 14.7 Å². The third-order valence-corrected chi connectivity index (χ3v) is 7.33. The summed E-state index contributed by atoms with van der Waals surface area (Å²) in [6.45, 7) is 2.53. The lowest BCUT2D eigenvalue weighted by Crippen LogP contribution is -2.60. The van der Waals surface area contributed by atoms with Crippen molar-refractivity contribution in [1.82, 2.24) is 10.1 Å². The Bertz CT molecular complexity index is 1110. The zero-order chi connectivity index (χ0) is 22.1. The molecule has 9 nitrogen and oxygen atoms in total. The number of ether oxygens (including phenoxy) is 1. The van der Waals surface area contributed by atoms with Crippen molar-refractivity contribution in [2.75, 3.05) is 16.4 Å². The number of hydrogen-bond donors (Lipinski definition) is 1. The summed E-state index contributed by atoms with van der Waals surface area (Å²) in [5.41, 5.74) is -0.326. The van der Waals surface area contributed by atoms with Crippen molar-refractivity contribution < 1.29 is 19.2 Å². The van der Waals surface area contributed by atoms with Crippen molar-refractivity contribution >= 4 is 35.2 Å². The highest BCUT2D eigenvalue weighted by molar-refractivity contribution is 6.31. The summed E-state index contributed by atoms with van der Waals surface area (Å²) in [7, 11) is 0. The van der Waals surface area contributed by atoms with Gasteiger partial charge in [-0.1, -0.05) is 16.8 Å². The molecule has 4 heterocycles. The predicted molar refractivity (Wildman–Crippen MR) is 117 cm³/mol. The van der Waals surface area contributed by atoms with Gasteiger partial charge in [0.1, 0.15) is 17.4 Å². The monoisotopic (exact) mass is 457 g/mol. The third-order valence-electron chi connectivity index (χ3n) is 7.09. The zero-order valence-electron chi connectivity index (χ0n) is 17.7. The second-order valence-corrected chi connectivity index (χ2v) is 9.63. The normalized spacial score (nSPS) is 30.8. The van der Waals surface area contributed by atoms with Gasteiger partial charge < -0.3 is 19.3 Å². The van der Waals surface area contributed by atoms with Gasteiger partial charge in [0.25, 0.3) is 11.8 Å². The molecule has 0 radical (unpaired) electrons. The number of anilines is 2. The zero-order valence-corrected chi connectivity index (χ0v) is 18.5. The van der Waals surface area contributed by atoms with E-state index in [0.29, 0.717) is 30.2 Å². The van der Waals surface area contributed by atoms with E-state index in [-0.39, 0.29) is 17.6 Å². The maximum Gasteiger partial charge on any atom is 0.255 e. The summed E-state index contributed by atoms with van der Waals surface area (Å²) in [5.74, 6) is 0.343. The molecule has 168 valence electrons. The standard InChI is InChI=1S/C22H24ClN5O4/c1-21(7-4-10-31-21)28-15-11-13(23)5-6-14(15)27-12-24-16(17(27)19(28)29)18-25-20(26-32-18)22(30)8-2-3-9-22/h5-6,11-12,16-17,30H,2-4,7-10H2,1H3. The van der Waals surface area contributed by atoms with Crippen LogP contribution < -0.4 is 9.80 Å². The Kier molecular flexibility index (Phi) is 4.41. The summed E-state index contributed by atoms with van der Waals surface area (Å²) in [5, 5.41) is 15.4. The van der Waals surface area contributed by atoms with Crippen LogP contribution in [-0.4, -0.2) is 45.9 Å².